The summed E-state index contributed by atoms with van der Waals surface area (Å²) in [5.74, 6) is -0.268. The van der Waals surface area contributed by atoms with Crippen molar-refractivity contribution in [3.8, 4) is 0 Å². The minimum atomic E-state index is -0.268. The Morgan fingerprint density at radius 3 is 3.00 bits per heavy atom. The molecule has 1 atom stereocenters. The van der Waals surface area contributed by atoms with E-state index in [1.165, 1.54) is 25.5 Å². The monoisotopic (exact) mass is 298 g/mol. The van der Waals surface area contributed by atoms with Crippen LogP contribution in [0, 0.1) is 0 Å². The van der Waals surface area contributed by atoms with Gasteiger partial charge in [0.15, 0.2) is 0 Å². The van der Waals surface area contributed by atoms with Crippen LogP contribution in [0.3, 0.4) is 0 Å². The van der Waals surface area contributed by atoms with Gasteiger partial charge in [0.25, 0.3) is 0 Å². The van der Waals surface area contributed by atoms with Crippen LogP contribution in [0.2, 0.25) is 0 Å². The Morgan fingerprint density at radius 2 is 2.30 bits per heavy atom. The molecule has 1 heterocycles. The average molecular weight is 299 g/mol. The van der Waals surface area contributed by atoms with Crippen molar-refractivity contribution >= 4 is 18.4 Å². The molecular formula is C15H23ClN2O2. The van der Waals surface area contributed by atoms with Crippen LogP contribution < -0.4 is 5.32 Å². The van der Waals surface area contributed by atoms with Gasteiger partial charge in [-0.2, -0.15) is 0 Å². The van der Waals surface area contributed by atoms with Gasteiger partial charge in [-0.3, -0.25) is 4.90 Å². The first-order chi connectivity index (χ1) is 9.24. The Bertz CT molecular complexity index is 440. The van der Waals surface area contributed by atoms with E-state index in [1.54, 1.807) is 6.07 Å². The number of ether oxygens (including phenoxy) is 1. The number of esters is 1. The molecule has 0 amide bonds. The first kappa shape index (κ1) is 17.0. The predicted molar refractivity (Wildman–Crippen MR) is 82.4 cm³/mol. The fourth-order valence-electron chi connectivity index (χ4n) is 2.72. The van der Waals surface area contributed by atoms with Gasteiger partial charge >= 0.3 is 5.97 Å². The summed E-state index contributed by atoms with van der Waals surface area (Å²) in [4.78, 5) is 14.0. The van der Waals surface area contributed by atoms with Crippen LogP contribution in [0.4, 0.5) is 0 Å². The zero-order valence-corrected chi connectivity index (χ0v) is 12.9. The van der Waals surface area contributed by atoms with Crippen molar-refractivity contribution in [2.75, 3.05) is 27.2 Å². The standard InChI is InChI=1S/C15H22N2O2.ClH/c1-16-10-14-7-4-8-17(14)11-12-5-3-6-13(9-12)15(18)19-2;/h3,5-6,9,14,16H,4,7-8,10-11H2,1-2H3;1H. The Kier molecular flexibility index (Phi) is 6.99. The van der Waals surface area contributed by atoms with Gasteiger partial charge in [0.1, 0.15) is 0 Å². The van der Waals surface area contributed by atoms with Gasteiger partial charge in [-0.1, -0.05) is 12.1 Å². The minimum absolute atomic E-state index is 0. The second-order valence-electron chi connectivity index (χ2n) is 5.02. The van der Waals surface area contributed by atoms with Gasteiger partial charge in [-0.25, -0.2) is 4.79 Å². The molecule has 4 nitrogen and oxygen atoms in total. The minimum Gasteiger partial charge on any atom is -0.465 e. The lowest BCUT2D eigenvalue weighted by atomic mass is 10.1. The van der Waals surface area contributed by atoms with Gasteiger partial charge in [0.2, 0.25) is 0 Å². The summed E-state index contributed by atoms with van der Waals surface area (Å²) >= 11 is 0. The number of hydrogen-bond donors (Lipinski definition) is 1. The zero-order chi connectivity index (χ0) is 13.7. The van der Waals surface area contributed by atoms with Crippen molar-refractivity contribution in [3.63, 3.8) is 0 Å². The molecule has 0 saturated carbocycles. The number of methoxy groups -OCH3 is 1. The van der Waals surface area contributed by atoms with E-state index < -0.39 is 0 Å². The van der Waals surface area contributed by atoms with Gasteiger partial charge in [-0.15, -0.1) is 12.4 Å². The van der Waals surface area contributed by atoms with Crippen LogP contribution in [0.25, 0.3) is 0 Å². The number of carbonyl (C=O) groups is 1. The highest BCUT2D eigenvalue weighted by molar-refractivity contribution is 5.89. The van der Waals surface area contributed by atoms with Crippen LogP contribution in [0.15, 0.2) is 24.3 Å². The highest BCUT2D eigenvalue weighted by atomic mass is 35.5. The molecule has 1 aliphatic rings. The summed E-state index contributed by atoms with van der Waals surface area (Å²) in [5.41, 5.74) is 1.80. The van der Waals surface area contributed by atoms with Crippen molar-refractivity contribution in [1.29, 1.82) is 0 Å². The van der Waals surface area contributed by atoms with E-state index in [4.69, 9.17) is 4.74 Å². The summed E-state index contributed by atoms with van der Waals surface area (Å²) in [6.45, 7) is 3.06. The first-order valence-electron chi connectivity index (χ1n) is 6.80. The summed E-state index contributed by atoms with van der Waals surface area (Å²) < 4.78 is 4.76. The second-order valence-corrected chi connectivity index (χ2v) is 5.02. The predicted octanol–water partition coefficient (Wildman–Crippen LogP) is 2.08. The zero-order valence-electron chi connectivity index (χ0n) is 12.1. The number of halogens is 1. The molecule has 0 radical (unpaired) electrons. The van der Waals surface area contributed by atoms with Crippen LogP contribution in [-0.4, -0.2) is 44.2 Å². The summed E-state index contributed by atoms with van der Waals surface area (Å²) in [6.07, 6.45) is 2.50. The SMILES string of the molecule is CNCC1CCCN1Cc1cccc(C(=O)OC)c1.Cl. The number of nitrogens with zero attached hydrogens (tertiary/aromatic N) is 1. The van der Waals surface area contributed by atoms with E-state index in [0.29, 0.717) is 11.6 Å². The number of nitrogens with one attached hydrogen (secondary N) is 1. The molecule has 112 valence electrons. The average Bonchev–Trinajstić information content (AvgIpc) is 2.86. The molecule has 0 aliphatic carbocycles. The Morgan fingerprint density at radius 1 is 1.50 bits per heavy atom. The third-order valence-electron chi connectivity index (χ3n) is 3.67. The lowest BCUT2D eigenvalue weighted by Gasteiger charge is -2.24. The van der Waals surface area contributed by atoms with Gasteiger partial charge in [-0.05, 0) is 44.1 Å². The summed E-state index contributed by atoms with van der Waals surface area (Å²) in [7, 11) is 3.41. The smallest absolute Gasteiger partial charge is 0.337 e. The molecule has 1 N–H and O–H groups in total. The van der Waals surface area contributed by atoms with Crippen LogP contribution >= 0.6 is 12.4 Å². The van der Waals surface area contributed by atoms with Gasteiger partial charge < -0.3 is 10.1 Å². The topological polar surface area (TPSA) is 41.6 Å². The van der Waals surface area contributed by atoms with Crippen molar-refractivity contribution in [2.24, 2.45) is 0 Å². The van der Waals surface area contributed by atoms with Crippen molar-refractivity contribution in [2.45, 2.75) is 25.4 Å². The molecule has 20 heavy (non-hydrogen) atoms. The van der Waals surface area contributed by atoms with Crippen molar-refractivity contribution < 1.29 is 9.53 Å². The Balaban J connectivity index is 0.00000200. The number of carbonyl (C=O) groups excluding carboxylic acids is 1. The fourth-order valence-corrected chi connectivity index (χ4v) is 2.72. The van der Waals surface area contributed by atoms with E-state index in [9.17, 15) is 4.79 Å². The Labute approximate surface area is 126 Å². The number of hydrogen-bond acceptors (Lipinski definition) is 4. The molecule has 2 rings (SSSR count). The van der Waals surface area contributed by atoms with Crippen LogP contribution in [-0.2, 0) is 11.3 Å². The Hall–Kier alpha value is -1.10. The molecule has 1 aliphatic heterocycles. The molecule has 5 heteroatoms. The van der Waals surface area contributed by atoms with E-state index in [2.05, 4.69) is 16.3 Å². The van der Waals surface area contributed by atoms with Crippen molar-refractivity contribution in [3.05, 3.63) is 35.4 Å². The van der Waals surface area contributed by atoms with Gasteiger partial charge in [0, 0.05) is 19.1 Å². The number of likely N-dealkylation sites (N-methyl/N-ethyl adjacent to an activating group) is 1. The molecular weight excluding hydrogens is 276 g/mol. The molecule has 1 unspecified atom stereocenters. The summed E-state index contributed by atoms with van der Waals surface area (Å²) in [6, 6.07) is 8.32. The molecule has 1 fully saturated rings. The first-order valence-corrected chi connectivity index (χ1v) is 6.80. The third kappa shape index (κ3) is 4.20. The molecule has 0 spiro atoms. The second kappa shape index (κ2) is 8.25. The maximum absolute atomic E-state index is 11.5. The fraction of sp³-hybridized carbons (Fsp3) is 0.533. The quantitative estimate of drug-likeness (QED) is 0.845. The molecule has 1 aromatic rings. The molecule has 1 aromatic carbocycles. The lowest BCUT2D eigenvalue weighted by molar-refractivity contribution is 0.0600. The van der Waals surface area contributed by atoms with E-state index in [-0.39, 0.29) is 18.4 Å². The normalized spacial score (nSPS) is 18.6. The van der Waals surface area contributed by atoms with Crippen LogP contribution in [0.1, 0.15) is 28.8 Å². The number of likely N-dealkylation sites (tertiary alicyclic amines) is 1. The molecule has 1 saturated heterocycles. The lowest BCUT2D eigenvalue weighted by Crippen LogP contribution is -2.36. The number of rotatable bonds is 5. The van der Waals surface area contributed by atoms with Crippen molar-refractivity contribution in [1.82, 2.24) is 10.2 Å². The molecule has 0 aromatic heterocycles. The largest absolute Gasteiger partial charge is 0.465 e. The van der Waals surface area contributed by atoms with E-state index in [0.717, 1.165) is 19.6 Å². The van der Waals surface area contributed by atoms with Gasteiger partial charge in [0.05, 0.1) is 12.7 Å². The molecule has 0 bridgehead atoms. The summed E-state index contributed by atoms with van der Waals surface area (Å²) in [5, 5.41) is 3.25. The van der Waals surface area contributed by atoms with Crippen LogP contribution in [0.5, 0.6) is 0 Å². The highest BCUT2D eigenvalue weighted by Crippen LogP contribution is 2.20. The highest BCUT2D eigenvalue weighted by Gasteiger charge is 2.23. The maximum Gasteiger partial charge on any atom is 0.337 e. The van der Waals surface area contributed by atoms with E-state index in [1.807, 2.05) is 19.2 Å². The van der Waals surface area contributed by atoms with E-state index >= 15 is 0 Å². The maximum atomic E-state index is 11.5. The third-order valence-corrected chi connectivity index (χ3v) is 3.67. The number of benzene rings is 1.